The summed E-state index contributed by atoms with van der Waals surface area (Å²) in [4.78, 5) is 40.9. The highest BCUT2D eigenvalue weighted by Crippen LogP contribution is 2.55. The van der Waals surface area contributed by atoms with E-state index in [1.807, 2.05) is 24.3 Å². The molecular formula is C22H25N3O4S2. The SMILES string of the molecule is O=C(COC(=O)CSc1nc2ccccc2s1)NC(=O)NC12CC3CC(CC(C3)C1)C2. The normalized spacial score (nSPS) is 28.5. The largest absolute Gasteiger partial charge is 0.455 e. The number of benzene rings is 1. The molecule has 0 aliphatic heterocycles. The van der Waals surface area contributed by atoms with E-state index in [9.17, 15) is 14.4 Å². The van der Waals surface area contributed by atoms with E-state index in [2.05, 4.69) is 15.6 Å². The second-order valence-electron chi connectivity index (χ2n) is 9.10. The van der Waals surface area contributed by atoms with Crippen molar-refractivity contribution in [2.45, 2.75) is 48.4 Å². The number of aromatic nitrogens is 1. The number of amides is 3. The highest BCUT2D eigenvalue weighted by atomic mass is 32.2. The number of carbonyl (C=O) groups excluding carboxylic acids is 3. The van der Waals surface area contributed by atoms with Crippen LogP contribution in [0.1, 0.15) is 38.5 Å². The van der Waals surface area contributed by atoms with E-state index in [4.69, 9.17) is 4.74 Å². The number of nitrogens with zero attached hydrogens (tertiary/aromatic N) is 1. The first-order valence-corrected chi connectivity index (χ1v) is 12.5. The Balaban J connectivity index is 1.04. The number of para-hydroxylation sites is 1. The van der Waals surface area contributed by atoms with Crippen LogP contribution in [0.3, 0.4) is 0 Å². The number of imide groups is 1. The fraction of sp³-hybridized carbons (Fsp3) is 0.545. The van der Waals surface area contributed by atoms with Crippen molar-refractivity contribution < 1.29 is 19.1 Å². The Kier molecular flexibility index (Phi) is 5.64. The molecule has 4 saturated carbocycles. The Labute approximate surface area is 188 Å². The van der Waals surface area contributed by atoms with Crippen LogP contribution in [0.4, 0.5) is 4.79 Å². The van der Waals surface area contributed by atoms with Gasteiger partial charge in [-0.1, -0.05) is 23.9 Å². The molecule has 2 N–H and O–H groups in total. The second-order valence-corrected chi connectivity index (χ2v) is 11.4. The Morgan fingerprint density at radius 1 is 1.10 bits per heavy atom. The summed E-state index contributed by atoms with van der Waals surface area (Å²) in [7, 11) is 0. The van der Waals surface area contributed by atoms with Gasteiger partial charge in [0.2, 0.25) is 0 Å². The first kappa shape index (κ1) is 20.8. The second kappa shape index (κ2) is 8.43. The van der Waals surface area contributed by atoms with Gasteiger partial charge in [-0.25, -0.2) is 9.78 Å². The van der Waals surface area contributed by atoms with E-state index >= 15 is 0 Å². The van der Waals surface area contributed by atoms with Crippen LogP contribution in [0.2, 0.25) is 0 Å². The molecule has 0 saturated heterocycles. The number of rotatable bonds is 6. The molecule has 164 valence electrons. The first-order chi connectivity index (χ1) is 15.0. The zero-order valence-electron chi connectivity index (χ0n) is 17.1. The monoisotopic (exact) mass is 459 g/mol. The van der Waals surface area contributed by atoms with Crippen LogP contribution in [0.5, 0.6) is 0 Å². The van der Waals surface area contributed by atoms with E-state index in [1.54, 1.807) is 0 Å². The molecule has 0 spiro atoms. The lowest BCUT2D eigenvalue weighted by Crippen LogP contribution is -2.62. The van der Waals surface area contributed by atoms with Gasteiger partial charge in [-0.05, 0) is 68.4 Å². The minimum Gasteiger partial charge on any atom is -0.455 e. The van der Waals surface area contributed by atoms with Crippen molar-refractivity contribution in [2.24, 2.45) is 17.8 Å². The number of ether oxygens (including phenoxy) is 1. The van der Waals surface area contributed by atoms with Gasteiger partial charge in [0, 0.05) is 5.54 Å². The standard InChI is InChI=1S/C22H25N3O4S2/c26-18(11-29-19(27)12-30-21-23-16-3-1-2-4-17(16)31-21)24-20(28)25-22-8-13-5-14(9-22)7-15(6-13)10-22/h1-4,13-15H,5-12H2,(H2,24,25,26,28). The van der Waals surface area contributed by atoms with E-state index in [1.165, 1.54) is 42.4 Å². The molecule has 1 aromatic heterocycles. The molecule has 4 aliphatic carbocycles. The smallest absolute Gasteiger partial charge is 0.321 e. The van der Waals surface area contributed by atoms with Gasteiger partial charge in [0.05, 0.1) is 16.0 Å². The Morgan fingerprint density at radius 2 is 1.77 bits per heavy atom. The molecule has 1 aromatic carbocycles. The zero-order valence-corrected chi connectivity index (χ0v) is 18.7. The van der Waals surface area contributed by atoms with Crippen LogP contribution in [-0.2, 0) is 14.3 Å². The van der Waals surface area contributed by atoms with Crippen LogP contribution in [0, 0.1) is 17.8 Å². The molecule has 9 heteroatoms. The zero-order chi connectivity index (χ0) is 21.4. The highest BCUT2D eigenvalue weighted by Gasteiger charge is 2.51. The molecule has 0 radical (unpaired) electrons. The van der Waals surface area contributed by atoms with E-state index in [0.29, 0.717) is 17.8 Å². The Morgan fingerprint density at radius 3 is 2.45 bits per heavy atom. The molecule has 1 heterocycles. The lowest BCUT2D eigenvalue weighted by molar-refractivity contribution is -0.145. The van der Waals surface area contributed by atoms with Crippen molar-refractivity contribution in [2.75, 3.05) is 12.4 Å². The molecule has 6 rings (SSSR count). The number of thioether (sulfide) groups is 1. The molecule has 7 nitrogen and oxygen atoms in total. The third-order valence-corrected chi connectivity index (χ3v) is 8.77. The fourth-order valence-electron chi connectivity index (χ4n) is 5.92. The number of hydrogen-bond acceptors (Lipinski definition) is 7. The molecule has 3 amide bonds. The summed E-state index contributed by atoms with van der Waals surface area (Å²) >= 11 is 2.79. The van der Waals surface area contributed by atoms with Gasteiger partial charge < -0.3 is 10.1 Å². The maximum atomic E-state index is 12.4. The van der Waals surface area contributed by atoms with Crippen molar-refractivity contribution in [3.63, 3.8) is 0 Å². The van der Waals surface area contributed by atoms with Crippen molar-refractivity contribution in [1.29, 1.82) is 0 Å². The summed E-state index contributed by atoms with van der Waals surface area (Å²) in [6.07, 6.45) is 6.89. The van der Waals surface area contributed by atoms with Gasteiger partial charge in [-0.3, -0.25) is 14.9 Å². The molecule has 2 aromatic rings. The van der Waals surface area contributed by atoms with E-state index < -0.39 is 24.5 Å². The minimum absolute atomic E-state index is 0.0621. The number of thiazole rings is 1. The van der Waals surface area contributed by atoms with E-state index in [0.717, 1.165) is 33.8 Å². The predicted octanol–water partition coefficient (Wildman–Crippen LogP) is 3.73. The highest BCUT2D eigenvalue weighted by molar-refractivity contribution is 8.01. The average molecular weight is 460 g/mol. The van der Waals surface area contributed by atoms with Crippen molar-refractivity contribution in [3.8, 4) is 0 Å². The van der Waals surface area contributed by atoms with Gasteiger partial charge >= 0.3 is 12.0 Å². The molecule has 0 atom stereocenters. The lowest BCUT2D eigenvalue weighted by Gasteiger charge is -2.56. The van der Waals surface area contributed by atoms with Crippen molar-refractivity contribution in [3.05, 3.63) is 24.3 Å². The number of fused-ring (bicyclic) bond motifs is 1. The summed E-state index contributed by atoms with van der Waals surface area (Å²) in [6.45, 7) is -0.465. The van der Waals surface area contributed by atoms with Crippen LogP contribution >= 0.6 is 23.1 Å². The average Bonchev–Trinajstić information content (AvgIpc) is 3.12. The van der Waals surface area contributed by atoms with Crippen LogP contribution in [0.25, 0.3) is 10.2 Å². The molecule has 4 fully saturated rings. The van der Waals surface area contributed by atoms with Gasteiger partial charge in [0.1, 0.15) is 0 Å². The van der Waals surface area contributed by atoms with Gasteiger partial charge in [-0.2, -0.15) is 0 Å². The number of hydrogen-bond donors (Lipinski definition) is 2. The number of nitrogens with one attached hydrogen (secondary N) is 2. The first-order valence-electron chi connectivity index (χ1n) is 10.7. The molecule has 0 unspecified atom stereocenters. The Hall–Kier alpha value is -2.13. The molecule has 31 heavy (non-hydrogen) atoms. The Bertz CT molecular complexity index is 953. The molecular weight excluding hydrogens is 434 g/mol. The number of carbonyl (C=O) groups is 3. The maximum Gasteiger partial charge on any atom is 0.321 e. The maximum absolute atomic E-state index is 12.4. The third kappa shape index (κ3) is 4.72. The van der Waals surface area contributed by atoms with Crippen LogP contribution in [-0.4, -0.2) is 40.8 Å². The topological polar surface area (TPSA) is 97.4 Å². The summed E-state index contributed by atoms with van der Waals surface area (Å²) < 4.78 is 6.85. The predicted molar refractivity (Wildman–Crippen MR) is 119 cm³/mol. The number of esters is 1. The van der Waals surface area contributed by atoms with Crippen molar-refractivity contribution in [1.82, 2.24) is 15.6 Å². The fourth-order valence-corrected chi connectivity index (χ4v) is 7.79. The van der Waals surface area contributed by atoms with Crippen LogP contribution in [0.15, 0.2) is 28.6 Å². The van der Waals surface area contributed by atoms with Crippen LogP contribution < -0.4 is 10.6 Å². The lowest BCUT2D eigenvalue weighted by atomic mass is 9.53. The van der Waals surface area contributed by atoms with Gasteiger partial charge in [0.15, 0.2) is 10.9 Å². The third-order valence-electron chi connectivity index (χ3n) is 6.62. The summed E-state index contributed by atoms with van der Waals surface area (Å²) in [5.74, 6) is 1.05. The number of urea groups is 1. The van der Waals surface area contributed by atoms with Gasteiger partial charge in [0.25, 0.3) is 5.91 Å². The summed E-state index contributed by atoms with van der Waals surface area (Å²) in [6, 6.07) is 7.29. The van der Waals surface area contributed by atoms with Gasteiger partial charge in [-0.15, -0.1) is 11.3 Å². The van der Waals surface area contributed by atoms with Crippen molar-refractivity contribution >= 4 is 51.2 Å². The minimum atomic E-state index is -0.611. The summed E-state index contributed by atoms with van der Waals surface area (Å²) in [5, 5.41) is 5.40. The van der Waals surface area contributed by atoms with E-state index in [-0.39, 0.29) is 11.3 Å². The molecule has 4 aliphatic rings. The quantitative estimate of drug-likeness (QED) is 0.505. The molecule has 4 bridgehead atoms. The summed E-state index contributed by atoms with van der Waals surface area (Å²) in [5.41, 5.74) is 0.733.